The van der Waals surface area contributed by atoms with Crippen LogP contribution in [0, 0.1) is 0 Å². The Bertz CT molecular complexity index is 609. The van der Waals surface area contributed by atoms with Crippen molar-refractivity contribution in [3.8, 4) is 11.5 Å². The zero-order valence-electron chi connectivity index (χ0n) is 12.5. The van der Waals surface area contributed by atoms with E-state index < -0.39 is 0 Å². The highest BCUT2D eigenvalue weighted by molar-refractivity contribution is 5.45. The van der Waals surface area contributed by atoms with Crippen LogP contribution in [0.25, 0.3) is 0 Å². The van der Waals surface area contributed by atoms with Crippen molar-refractivity contribution in [3.05, 3.63) is 41.7 Å². The maximum atomic E-state index is 5.81. The second kappa shape index (κ2) is 6.18. The molecule has 1 unspecified atom stereocenters. The van der Waals surface area contributed by atoms with Gasteiger partial charge in [-0.3, -0.25) is 4.68 Å². The third kappa shape index (κ3) is 3.03. The molecule has 1 aromatic carbocycles. The summed E-state index contributed by atoms with van der Waals surface area (Å²) in [5, 5.41) is 7.56. The van der Waals surface area contributed by atoms with E-state index in [4.69, 9.17) is 9.47 Å². The lowest BCUT2D eigenvalue weighted by Crippen LogP contribution is -2.21. The fraction of sp³-hybridized carbons (Fsp3) is 0.438. The molecule has 1 N–H and O–H groups in total. The van der Waals surface area contributed by atoms with Gasteiger partial charge in [0.2, 0.25) is 0 Å². The first-order valence-corrected chi connectivity index (χ1v) is 7.37. The first-order chi connectivity index (χ1) is 10.3. The molecule has 2 aromatic rings. The molecule has 0 spiro atoms. The van der Waals surface area contributed by atoms with Crippen molar-refractivity contribution in [3.63, 3.8) is 0 Å². The van der Waals surface area contributed by atoms with Gasteiger partial charge in [-0.15, -0.1) is 0 Å². The summed E-state index contributed by atoms with van der Waals surface area (Å²) in [5.41, 5.74) is 2.38. The summed E-state index contributed by atoms with van der Waals surface area (Å²) < 4.78 is 13.4. The van der Waals surface area contributed by atoms with E-state index in [9.17, 15) is 0 Å². The van der Waals surface area contributed by atoms with Crippen molar-refractivity contribution in [2.75, 3.05) is 19.8 Å². The maximum Gasteiger partial charge on any atom is 0.127 e. The van der Waals surface area contributed by atoms with Gasteiger partial charge in [0.1, 0.15) is 18.1 Å². The van der Waals surface area contributed by atoms with Crippen LogP contribution in [-0.4, -0.2) is 29.5 Å². The fourth-order valence-electron chi connectivity index (χ4n) is 2.62. The molecule has 5 heteroatoms. The van der Waals surface area contributed by atoms with Gasteiger partial charge in [-0.2, -0.15) is 5.10 Å². The lowest BCUT2D eigenvalue weighted by molar-refractivity contribution is 0.304. The van der Waals surface area contributed by atoms with Crippen molar-refractivity contribution in [1.29, 1.82) is 0 Å². The van der Waals surface area contributed by atoms with Gasteiger partial charge in [-0.05, 0) is 24.7 Å². The molecule has 21 heavy (non-hydrogen) atoms. The number of hydrogen-bond donors (Lipinski definition) is 1. The topological polar surface area (TPSA) is 48.3 Å². The zero-order chi connectivity index (χ0) is 14.7. The summed E-state index contributed by atoms with van der Waals surface area (Å²) in [6, 6.07) is 8.40. The van der Waals surface area contributed by atoms with Gasteiger partial charge in [-0.25, -0.2) is 0 Å². The summed E-state index contributed by atoms with van der Waals surface area (Å²) in [6.45, 7) is 4.38. The molecule has 1 aromatic heterocycles. The lowest BCUT2D eigenvalue weighted by Gasteiger charge is -2.10. The number of likely N-dealkylation sites (N-methyl/N-ethyl adjacent to an activating group) is 1. The summed E-state index contributed by atoms with van der Waals surface area (Å²) in [7, 11) is 1.94. The molecule has 3 rings (SSSR count). The Morgan fingerprint density at radius 3 is 3.10 bits per heavy atom. The van der Waals surface area contributed by atoms with Gasteiger partial charge in [0, 0.05) is 37.0 Å². The summed E-state index contributed by atoms with van der Waals surface area (Å²) >= 11 is 0. The predicted octanol–water partition coefficient (Wildman–Crippen LogP) is 2.08. The van der Waals surface area contributed by atoms with Crippen LogP contribution < -0.4 is 14.8 Å². The minimum atomic E-state index is 0.300. The highest BCUT2D eigenvalue weighted by Gasteiger charge is 2.23. The largest absolute Gasteiger partial charge is 0.493 e. The molecule has 0 fully saturated rings. The Balaban J connectivity index is 1.59. The highest BCUT2D eigenvalue weighted by Crippen LogP contribution is 2.35. The molecule has 0 saturated carbocycles. The molecule has 0 bridgehead atoms. The second-order valence-corrected chi connectivity index (χ2v) is 5.17. The van der Waals surface area contributed by atoms with Crippen LogP contribution in [0.4, 0.5) is 0 Å². The van der Waals surface area contributed by atoms with Crippen LogP contribution in [-0.2, 0) is 13.5 Å². The monoisotopic (exact) mass is 287 g/mol. The molecule has 0 aliphatic carbocycles. The van der Waals surface area contributed by atoms with Gasteiger partial charge in [0.25, 0.3) is 0 Å². The Morgan fingerprint density at radius 2 is 2.33 bits per heavy atom. The van der Waals surface area contributed by atoms with E-state index in [0.717, 1.165) is 24.5 Å². The molecule has 1 aliphatic heterocycles. The van der Waals surface area contributed by atoms with E-state index in [2.05, 4.69) is 23.4 Å². The number of aryl methyl sites for hydroxylation is 1. The molecule has 5 nitrogen and oxygen atoms in total. The molecule has 2 heterocycles. The van der Waals surface area contributed by atoms with Crippen molar-refractivity contribution >= 4 is 0 Å². The van der Waals surface area contributed by atoms with E-state index in [-0.39, 0.29) is 0 Å². The first-order valence-electron chi connectivity index (χ1n) is 7.37. The van der Waals surface area contributed by atoms with Gasteiger partial charge in [0.15, 0.2) is 0 Å². The zero-order valence-corrected chi connectivity index (χ0v) is 12.5. The quantitative estimate of drug-likeness (QED) is 0.884. The molecular weight excluding hydrogens is 266 g/mol. The van der Waals surface area contributed by atoms with Crippen LogP contribution >= 0.6 is 0 Å². The van der Waals surface area contributed by atoms with E-state index >= 15 is 0 Å². The Kier molecular flexibility index (Phi) is 4.10. The number of hydrogen-bond acceptors (Lipinski definition) is 4. The average Bonchev–Trinajstić information content (AvgIpc) is 3.07. The molecular formula is C16H21N3O2. The lowest BCUT2D eigenvalue weighted by atomic mass is 10.1. The van der Waals surface area contributed by atoms with Gasteiger partial charge in [-0.1, -0.05) is 6.92 Å². The van der Waals surface area contributed by atoms with Crippen LogP contribution in [0.1, 0.15) is 24.2 Å². The van der Waals surface area contributed by atoms with Crippen molar-refractivity contribution in [1.82, 2.24) is 15.1 Å². The van der Waals surface area contributed by atoms with E-state index in [1.165, 1.54) is 11.3 Å². The van der Waals surface area contributed by atoms with Gasteiger partial charge < -0.3 is 14.8 Å². The van der Waals surface area contributed by atoms with E-state index in [1.54, 1.807) is 6.20 Å². The normalized spacial score (nSPS) is 16.6. The highest BCUT2D eigenvalue weighted by atomic mass is 16.5. The number of nitrogens with zero attached hydrogens (tertiary/aromatic N) is 2. The van der Waals surface area contributed by atoms with Crippen LogP contribution in [0.3, 0.4) is 0 Å². The Labute approximate surface area is 124 Å². The average molecular weight is 287 g/mol. The molecule has 112 valence electrons. The number of rotatable bonds is 6. The van der Waals surface area contributed by atoms with E-state index in [1.807, 2.05) is 29.9 Å². The minimum absolute atomic E-state index is 0.300. The summed E-state index contributed by atoms with van der Waals surface area (Å²) in [5.74, 6) is 1.78. The number of fused-ring (bicyclic) bond motifs is 1. The summed E-state index contributed by atoms with van der Waals surface area (Å²) in [4.78, 5) is 0. The Hall–Kier alpha value is -2.01. The predicted molar refractivity (Wildman–Crippen MR) is 80.8 cm³/mol. The SMILES string of the molecule is CCNC1COc2cc(OCCc3ccnn3C)ccc21. The number of benzene rings is 1. The van der Waals surface area contributed by atoms with Crippen LogP contribution in [0.2, 0.25) is 0 Å². The maximum absolute atomic E-state index is 5.81. The third-order valence-corrected chi connectivity index (χ3v) is 3.77. The minimum Gasteiger partial charge on any atom is -0.493 e. The molecule has 1 aliphatic rings. The van der Waals surface area contributed by atoms with Gasteiger partial charge in [0.05, 0.1) is 12.6 Å². The number of aromatic nitrogens is 2. The van der Waals surface area contributed by atoms with Crippen molar-refractivity contribution < 1.29 is 9.47 Å². The Morgan fingerprint density at radius 1 is 1.43 bits per heavy atom. The first kappa shape index (κ1) is 13.9. The molecule has 1 atom stereocenters. The number of nitrogens with one attached hydrogen (secondary N) is 1. The van der Waals surface area contributed by atoms with Crippen LogP contribution in [0.5, 0.6) is 11.5 Å². The smallest absolute Gasteiger partial charge is 0.127 e. The van der Waals surface area contributed by atoms with E-state index in [0.29, 0.717) is 19.3 Å². The number of ether oxygens (including phenoxy) is 2. The summed E-state index contributed by atoms with van der Waals surface area (Å²) in [6.07, 6.45) is 2.65. The molecule has 0 saturated heterocycles. The molecule has 0 radical (unpaired) electrons. The van der Waals surface area contributed by atoms with Crippen molar-refractivity contribution in [2.24, 2.45) is 7.05 Å². The molecule has 0 amide bonds. The van der Waals surface area contributed by atoms with Crippen molar-refractivity contribution in [2.45, 2.75) is 19.4 Å². The second-order valence-electron chi connectivity index (χ2n) is 5.17. The fourth-order valence-corrected chi connectivity index (χ4v) is 2.62. The third-order valence-electron chi connectivity index (χ3n) is 3.77. The van der Waals surface area contributed by atoms with Gasteiger partial charge >= 0.3 is 0 Å². The van der Waals surface area contributed by atoms with Crippen LogP contribution in [0.15, 0.2) is 30.5 Å². The standard InChI is InChI=1S/C16H21N3O2/c1-3-17-15-11-21-16-10-13(4-5-14(15)16)20-9-7-12-6-8-18-19(12)2/h4-6,8,10,15,17H,3,7,9,11H2,1-2H3.